The van der Waals surface area contributed by atoms with Crippen LogP contribution < -0.4 is 77.1 Å². The molecule has 11 heteroatoms. The standard InChI is InChI=1S/C91H80B3N3O3S2/c1-47-17-48(2)84(49(3)18-47)97-71-37-75-68(35-66(71)94-82-73(97)30-60(90-41-53-22-54(42-90)24-55(23-53)43-90)31-76(82)100-86-64-14-8-10-16-80(64)102-88(86)94)92-67-34-65-69(36-74(67)98-77-32-61(33-78(99-75)83(77)92)91-44-56-25-57(45-91)27-58(26-56)46-91)95-70-28-59(89-38-50-19-51(39-89)21-52(20-50)40-89)29-72-81(70)93(65)87-85(63-13-7-9-15-79(63)101-87)96(72)62-11-5-4-6-12-62/h4-18,28-37,50-58,95H,19-27,38-46H2,1-3H3. The second-order valence-electron chi connectivity index (χ2n) is 36.4. The van der Waals surface area contributed by atoms with Crippen LogP contribution in [0, 0.1) is 74.0 Å². The quantitative estimate of drug-likeness (QED) is 0.173. The normalized spacial score (nSPS) is 29.8. The van der Waals surface area contributed by atoms with Gasteiger partial charge in [-0.1, -0.05) is 78.4 Å². The van der Waals surface area contributed by atoms with Gasteiger partial charge in [-0.3, -0.25) is 0 Å². The minimum absolute atomic E-state index is 0.0158. The van der Waals surface area contributed by atoms with E-state index in [1.54, 1.807) is 5.56 Å². The van der Waals surface area contributed by atoms with Gasteiger partial charge in [0, 0.05) is 81.4 Å². The summed E-state index contributed by atoms with van der Waals surface area (Å²) < 4.78 is 28.9. The molecule has 12 bridgehead atoms. The molecule has 2 aromatic heterocycles. The predicted octanol–water partition coefficient (Wildman–Crippen LogP) is 17.9. The molecule has 0 spiro atoms. The Morgan fingerprint density at radius 2 is 0.843 bits per heavy atom. The maximum absolute atomic E-state index is 7.99. The fourth-order valence-electron chi connectivity index (χ4n) is 27.9. The first-order chi connectivity index (χ1) is 49.9. The molecule has 8 heterocycles. The van der Waals surface area contributed by atoms with Crippen molar-refractivity contribution in [2.24, 2.45) is 53.3 Å². The Hall–Kier alpha value is -8.11. The largest absolute Gasteiger partial charge is 0.458 e. The Morgan fingerprint density at radius 1 is 0.373 bits per heavy atom. The molecule has 0 radical (unpaired) electrons. The highest BCUT2D eigenvalue weighted by Crippen LogP contribution is 2.66. The number of aryl methyl sites for hydroxylation is 3. The minimum atomic E-state index is -0.175. The predicted molar refractivity (Wildman–Crippen MR) is 424 cm³/mol. The summed E-state index contributed by atoms with van der Waals surface area (Å²) >= 11 is 3.95. The smallest absolute Gasteiger partial charge is 0.268 e. The number of hydrogen-bond acceptors (Lipinski definition) is 8. The molecule has 6 aliphatic heterocycles. The molecule has 12 fully saturated rings. The SMILES string of the molecule is Cc1cc(C)c(N2c3cc4c(cc3B3c5sc6ccccc6c5Oc5cc(C67CC8CC(CC(C8)C6)C7)cc2c53)B2c3cc5c(cc3Oc3cc(C67CC8CC(CC(C8)C6)C7)cc(c32)O4)Nc2cc(C34CC6CC(CC(C6)C3)C4)cc3c2B5c2sc4ccccc4c2N3c2ccccc2)c(C)c1. The van der Waals surface area contributed by atoms with Crippen molar-refractivity contribution in [2.75, 3.05) is 15.1 Å². The molecular formula is C91H80B3N3O3S2. The number of thiophene rings is 2. The lowest BCUT2D eigenvalue weighted by atomic mass is 9.31. The van der Waals surface area contributed by atoms with Crippen molar-refractivity contribution in [1.29, 1.82) is 0 Å². The van der Waals surface area contributed by atoms with Crippen LogP contribution in [0.4, 0.5) is 45.5 Å². The zero-order valence-corrected chi connectivity index (χ0v) is 60.2. The van der Waals surface area contributed by atoms with E-state index >= 15 is 0 Å². The molecular weight excluding hydrogens is 1280 g/mol. The lowest BCUT2D eigenvalue weighted by Crippen LogP contribution is -2.64. The fraction of sp³-hybridized carbons (Fsp3) is 0.363. The molecule has 0 saturated heterocycles. The van der Waals surface area contributed by atoms with Crippen LogP contribution >= 0.6 is 22.7 Å². The summed E-state index contributed by atoms with van der Waals surface area (Å²) in [4.78, 5) is 5.42. The summed E-state index contributed by atoms with van der Waals surface area (Å²) in [5.41, 5.74) is 28.0. The first kappa shape index (κ1) is 57.3. The molecule has 1 N–H and O–H groups in total. The Labute approximate surface area is 606 Å². The summed E-state index contributed by atoms with van der Waals surface area (Å²) in [5.74, 6) is 13.3. The van der Waals surface area contributed by atoms with E-state index in [0.717, 1.165) is 87.8 Å². The fourth-order valence-corrected chi connectivity index (χ4v) is 30.5. The molecule has 11 aromatic rings. The number of para-hydroxylation sites is 1. The monoisotopic (exact) mass is 1360 g/mol. The number of nitrogens with one attached hydrogen (secondary N) is 1. The highest BCUT2D eigenvalue weighted by Gasteiger charge is 2.58. The van der Waals surface area contributed by atoms with Gasteiger partial charge in [0.15, 0.2) is 0 Å². The molecule has 9 aromatic carbocycles. The molecule has 12 saturated carbocycles. The van der Waals surface area contributed by atoms with Crippen molar-refractivity contribution in [3.05, 3.63) is 185 Å². The average molecular weight is 1360 g/mol. The summed E-state index contributed by atoms with van der Waals surface area (Å²) in [6, 6.07) is 60.8. The van der Waals surface area contributed by atoms with E-state index in [9.17, 15) is 0 Å². The second kappa shape index (κ2) is 19.6. The third kappa shape index (κ3) is 7.56. The number of benzene rings is 9. The summed E-state index contributed by atoms with van der Waals surface area (Å²) in [6.07, 6.45) is 24.4. The van der Waals surface area contributed by atoms with Crippen molar-refractivity contribution in [2.45, 2.75) is 153 Å². The van der Waals surface area contributed by atoms with Gasteiger partial charge >= 0.3 is 0 Å². The first-order valence-corrected chi connectivity index (χ1v) is 41.1. The van der Waals surface area contributed by atoms with Crippen LogP contribution in [-0.2, 0) is 16.2 Å². The molecule has 0 unspecified atom stereocenters. The molecule has 0 atom stereocenters. The number of hydrogen-bond donors (Lipinski definition) is 1. The molecule has 6 nitrogen and oxygen atoms in total. The van der Waals surface area contributed by atoms with Crippen LogP contribution in [0.3, 0.4) is 0 Å². The number of ether oxygens (including phenoxy) is 3. The van der Waals surface area contributed by atoms with Gasteiger partial charge in [-0.05, 0) is 333 Å². The Bertz CT molecular complexity index is 5540. The molecule has 12 aliphatic carbocycles. The van der Waals surface area contributed by atoms with Crippen LogP contribution in [0.5, 0.6) is 34.5 Å². The first-order valence-electron chi connectivity index (χ1n) is 39.4. The van der Waals surface area contributed by atoms with E-state index in [1.165, 1.54) is 257 Å². The van der Waals surface area contributed by atoms with Gasteiger partial charge in [-0.15, -0.1) is 22.7 Å². The lowest BCUT2D eigenvalue weighted by Gasteiger charge is -2.57. The summed E-state index contributed by atoms with van der Waals surface area (Å²) in [6.45, 7) is 6.73. The number of nitrogens with zero attached hydrogens (tertiary/aromatic N) is 2. The molecule has 18 aliphatic rings. The van der Waals surface area contributed by atoms with Gasteiger partial charge in [0.2, 0.25) is 0 Å². The maximum atomic E-state index is 7.99. The van der Waals surface area contributed by atoms with Gasteiger partial charge in [-0.25, -0.2) is 0 Å². The van der Waals surface area contributed by atoms with Crippen LogP contribution in [0.2, 0.25) is 0 Å². The van der Waals surface area contributed by atoms with Crippen LogP contribution in [-0.4, -0.2) is 20.1 Å². The van der Waals surface area contributed by atoms with Gasteiger partial charge in [0.05, 0.1) is 11.4 Å². The van der Waals surface area contributed by atoms with Gasteiger partial charge < -0.3 is 29.3 Å². The third-order valence-electron chi connectivity index (χ3n) is 30.2. The molecule has 0 amide bonds. The third-order valence-corrected chi connectivity index (χ3v) is 32.7. The van der Waals surface area contributed by atoms with Crippen LogP contribution in [0.15, 0.2) is 152 Å². The van der Waals surface area contributed by atoms with Crippen molar-refractivity contribution >= 4 is 156 Å². The van der Waals surface area contributed by atoms with Crippen molar-refractivity contribution in [3.63, 3.8) is 0 Å². The van der Waals surface area contributed by atoms with Crippen LogP contribution in [0.25, 0.3) is 20.2 Å². The van der Waals surface area contributed by atoms with Crippen LogP contribution in [0.1, 0.15) is 149 Å². The number of fused-ring (bicyclic) bond motifs is 16. The van der Waals surface area contributed by atoms with E-state index < -0.39 is 0 Å². The summed E-state index contributed by atoms with van der Waals surface area (Å²) in [5, 5.41) is 6.92. The average Bonchev–Trinajstić information content (AvgIpc) is 1.14. The van der Waals surface area contributed by atoms with E-state index in [1.807, 2.05) is 22.7 Å². The zero-order chi connectivity index (χ0) is 66.3. The number of rotatable bonds is 5. The van der Waals surface area contributed by atoms with E-state index in [0.29, 0.717) is 0 Å². The molecule has 498 valence electrons. The summed E-state index contributed by atoms with van der Waals surface area (Å²) in [7, 11) is 0. The highest BCUT2D eigenvalue weighted by molar-refractivity contribution is 7.34. The topological polar surface area (TPSA) is 46.2 Å². The molecule has 29 rings (SSSR count). The Kier molecular flexibility index (Phi) is 11.0. The number of anilines is 8. The lowest BCUT2D eigenvalue weighted by molar-refractivity contribution is -0.00539. The van der Waals surface area contributed by atoms with Gasteiger partial charge in [-0.2, -0.15) is 0 Å². The van der Waals surface area contributed by atoms with E-state index in [4.69, 9.17) is 14.2 Å². The van der Waals surface area contributed by atoms with Gasteiger partial charge in [0.25, 0.3) is 20.1 Å². The Morgan fingerprint density at radius 3 is 1.43 bits per heavy atom. The Balaban J connectivity index is 0.722. The molecule has 102 heavy (non-hydrogen) atoms. The van der Waals surface area contributed by atoms with Gasteiger partial charge in [0.1, 0.15) is 34.5 Å². The van der Waals surface area contributed by atoms with Crippen molar-refractivity contribution in [3.8, 4) is 34.5 Å². The van der Waals surface area contributed by atoms with Crippen molar-refractivity contribution in [1.82, 2.24) is 0 Å². The van der Waals surface area contributed by atoms with E-state index in [2.05, 4.69) is 188 Å². The minimum Gasteiger partial charge on any atom is -0.458 e. The van der Waals surface area contributed by atoms with E-state index in [-0.39, 0.29) is 36.4 Å². The van der Waals surface area contributed by atoms with Crippen molar-refractivity contribution < 1.29 is 14.2 Å². The second-order valence-corrected chi connectivity index (χ2v) is 38.5. The zero-order valence-electron chi connectivity index (χ0n) is 58.5. The maximum Gasteiger partial charge on any atom is 0.268 e. The highest BCUT2D eigenvalue weighted by atomic mass is 32.1.